The fourth-order valence-electron chi connectivity index (χ4n) is 0.783. The predicted octanol–water partition coefficient (Wildman–Crippen LogP) is -0.710. The van der Waals surface area contributed by atoms with Gasteiger partial charge in [-0.2, -0.15) is 5.26 Å². The molecule has 0 spiro atoms. The van der Waals surface area contributed by atoms with Crippen LogP contribution in [0.15, 0.2) is 0 Å². The molecule has 0 radical (unpaired) electrons. The van der Waals surface area contributed by atoms with Gasteiger partial charge >= 0.3 is 5.97 Å². The van der Waals surface area contributed by atoms with Crippen molar-refractivity contribution in [1.82, 2.24) is 5.32 Å². The molecule has 5 heteroatoms. The van der Waals surface area contributed by atoms with Gasteiger partial charge in [0.2, 0.25) is 0 Å². The summed E-state index contributed by atoms with van der Waals surface area (Å²) in [5, 5.41) is 19.8. The van der Waals surface area contributed by atoms with E-state index in [1.54, 1.807) is 0 Å². The van der Waals surface area contributed by atoms with Gasteiger partial charge < -0.3 is 16.2 Å². The van der Waals surface area contributed by atoms with Crippen molar-refractivity contribution in [3.05, 3.63) is 0 Å². The van der Waals surface area contributed by atoms with Gasteiger partial charge in [0.25, 0.3) is 0 Å². The highest BCUT2D eigenvalue weighted by Gasteiger charge is 2.17. The summed E-state index contributed by atoms with van der Waals surface area (Å²) in [5.74, 6) is -1.08. The summed E-state index contributed by atoms with van der Waals surface area (Å²) in [6, 6.07) is 0.499. The van der Waals surface area contributed by atoms with E-state index in [1.807, 2.05) is 13.0 Å². The number of nitriles is 1. The maximum atomic E-state index is 10.3. The number of hydrogen-bond donors (Lipinski definition) is 3. The number of nitrogens with zero attached hydrogens (tertiary/aromatic N) is 1. The number of carboxylic acid groups (broad SMARTS) is 1. The van der Waals surface area contributed by atoms with Gasteiger partial charge in [-0.1, -0.05) is 6.92 Å². The SMILES string of the molecule is CCNC(C#N)C[C@H](N)C(=O)O. The van der Waals surface area contributed by atoms with Crippen LogP contribution in [-0.2, 0) is 4.79 Å². The van der Waals surface area contributed by atoms with Crippen LogP contribution in [0.3, 0.4) is 0 Å². The summed E-state index contributed by atoms with van der Waals surface area (Å²) >= 11 is 0. The zero-order valence-corrected chi connectivity index (χ0v) is 6.95. The van der Waals surface area contributed by atoms with Gasteiger partial charge in [0.1, 0.15) is 6.04 Å². The molecule has 4 N–H and O–H groups in total. The number of carbonyl (C=O) groups is 1. The predicted molar refractivity (Wildman–Crippen MR) is 43.3 cm³/mol. The standard InChI is InChI=1S/C7H13N3O2/c1-2-10-5(4-8)3-6(9)7(11)12/h5-6,10H,2-3,9H2,1H3,(H,11,12)/t5?,6-/m0/s1. The first kappa shape index (κ1) is 10.9. The van der Waals surface area contributed by atoms with Gasteiger partial charge in [-0.3, -0.25) is 4.79 Å². The van der Waals surface area contributed by atoms with E-state index in [2.05, 4.69) is 5.32 Å². The molecule has 0 saturated heterocycles. The Morgan fingerprint density at radius 3 is 2.75 bits per heavy atom. The molecule has 5 nitrogen and oxygen atoms in total. The highest BCUT2D eigenvalue weighted by atomic mass is 16.4. The minimum Gasteiger partial charge on any atom is -0.480 e. The monoisotopic (exact) mass is 171 g/mol. The number of rotatable bonds is 5. The average Bonchev–Trinajstić information content (AvgIpc) is 2.03. The minimum absolute atomic E-state index is 0.139. The fourth-order valence-corrected chi connectivity index (χ4v) is 0.783. The van der Waals surface area contributed by atoms with Crippen molar-refractivity contribution in [3.8, 4) is 6.07 Å². The highest BCUT2D eigenvalue weighted by Crippen LogP contribution is 1.94. The summed E-state index contributed by atoms with van der Waals surface area (Å²) in [7, 11) is 0. The van der Waals surface area contributed by atoms with E-state index in [0.717, 1.165) is 0 Å². The van der Waals surface area contributed by atoms with Crippen LogP contribution in [0.25, 0.3) is 0 Å². The Balaban J connectivity index is 3.87. The largest absolute Gasteiger partial charge is 0.480 e. The number of nitrogens with two attached hydrogens (primary N) is 1. The summed E-state index contributed by atoms with van der Waals surface area (Å²) in [6.07, 6.45) is 0.139. The van der Waals surface area contributed by atoms with Crippen molar-refractivity contribution >= 4 is 5.97 Å². The van der Waals surface area contributed by atoms with Gasteiger partial charge in [0, 0.05) is 6.42 Å². The Morgan fingerprint density at radius 1 is 1.83 bits per heavy atom. The van der Waals surface area contributed by atoms with Crippen molar-refractivity contribution < 1.29 is 9.90 Å². The van der Waals surface area contributed by atoms with E-state index in [-0.39, 0.29) is 6.42 Å². The Labute approximate surface area is 71.2 Å². The maximum Gasteiger partial charge on any atom is 0.320 e. The second-order valence-corrected chi connectivity index (χ2v) is 2.42. The summed E-state index contributed by atoms with van der Waals surface area (Å²) in [4.78, 5) is 10.3. The van der Waals surface area contributed by atoms with Gasteiger partial charge in [0.05, 0.1) is 12.1 Å². The third-order valence-electron chi connectivity index (χ3n) is 1.41. The maximum absolute atomic E-state index is 10.3. The lowest BCUT2D eigenvalue weighted by Crippen LogP contribution is -2.39. The molecule has 0 rings (SSSR count). The molecule has 12 heavy (non-hydrogen) atoms. The lowest BCUT2D eigenvalue weighted by Gasteiger charge is -2.11. The highest BCUT2D eigenvalue weighted by molar-refractivity contribution is 5.73. The number of nitrogens with one attached hydrogen (secondary N) is 1. The second kappa shape index (κ2) is 5.52. The molecule has 68 valence electrons. The summed E-state index contributed by atoms with van der Waals surface area (Å²) < 4.78 is 0. The molecule has 0 aromatic heterocycles. The lowest BCUT2D eigenvalue weighted by atomic mass is 10.1. The van der Waals surface area contributed by atoms with Crippen LogP contribution in [0.1, 0.15) is 13.3 Å². The second-order valence-electron chi connectivity index (χ2n) is 2.42. The molecule has 1 unspecified atom stereocenters. The molecule has 2 atom stereocenters. The third-order valence-corrected chi connectivity index (χ3v) is 1.41. The van der Waals surface area contributed by atoms with E-state index >= 15 is 0 Å². The summed E-state index contributed by atoms with van der Waals surface area (Å²) in [6.45, 7) is 2.47. The first-order chi connectivity index (χ1) is 5.61. The van der Waals surface area contributed by atoms with Gasteiger partial charge in [-0.15, -0.1) is 0 Å². The average molecular weight is 171 g/mol. The van der Waals surface area contributed by atoms with Crippen molar-refractivity contribution in [1.29, 1.82) is 5.26 Å². The molecule has 0 aromatic carbocycles. The molecule has 0 bridgehead atoms. The van der Waals surface area contributed by atoms with Gasteiger partial charge in [-0.05, 0) is 6.54 Å². The molecular weight excluding hydrogens is 158 g/mol. The van der Waals surface area contributed by atoms with E-state index < -0.39 is 18.1 Å². The van der Waals surface area contributed by atoms with Crippen LogP contribution < -0.4 is 11.1 Å². The Hall–Kier alpha value is -1.12. The molecule has 0 amide bonds. The lowest BCUT2D eigenvalue weighted by molar-refractivity contribution is -0.138. The number of carboxylic acids is 1. The Kier molecular flexibility index (Phi) is 5.00. The van der Waals surface area contributed by atoms with Crippen LogP contribution in [0.4, 0.5) is 0 Å². The zero-order valence-electron chi connectivity index (χ0n) is 6.95. The van der Waals surface area contributed by atoms with Crippen LogP contribution in [0.2, 0.25) is 0 Å². The van der Waals surface area contributed by atoms with Crippen LogP contribution >= 0.6 is 0 Å². The zero-order chi connectivity index (χ0) is 9.56. The molecule has 0 fully saturated rings. The van der Waals surface area contributed by atoms with E-state index in [4.69, 9.17) is 16.1 Å². The Morgan fingerprint density at radius 2 is 2.42 bits per heavy atom. The topological polar surface area (TPSA) is 99.1 Å². The molecule has 0 saturated carbocycles. The first-order valence-corrected chi connectivity index (χ1v) is 3.73. The smallest absolute Gasteiger partial charge is 0.320 e. The van der Waals surface area contributed by atoms with Crippen molar-refractivity contribution in [2.75, 3.05) is 6.54 Å². The molecule has 0 heterocycles. The minimum atomic E-state index is -1.08. The molecular formula is C7H13N3O2. The van der Waals surface area contributed by atoms with Crippen molar-refractivity contribution in [2.45, 2.75) is 25.4 Å². The first-order valence-electron chi connectivity index (χ1n) is 3.73. The van der Waals surface area contributed by atoms with E-state index in [0.29, 0.717) is 6.54 Å². The van der Waals surface area contributed by atoms with Crippen LogP contribution in [-0.4, -0.2) is 29.7 Å². The van der Waals surface area contributed by atoms with Crippen LogP contribution in [0, 0.1) is 11.3 Å². The number of aliphatic carboxylic acids is 1. The number of hydrogen-bond acceptors (Lipinski definition) is 4. The van der Waals surface area contributed by atoms with Crippen LogP contribution in [0.5, 0.6) is 0 Å². The van der Waals surface area contributed by atoms with E-state index in [1.165, 1.54) is 0 Å². The van der Waals surface area contributed by atoms with Crippen molar-refractivity contribution in [2.24, 2.45) is 5.73 Å². The molecule has 0 aliphatic carbocycles. The molecule has 0 aliphatic heterocycles. The van der Waals surface area contributed by atoms with E-state index in [9.17, 15) is 4.79 Å². The van der Waals surface area contributed by atoms with Gasteiger partial charge in [0.15, 0.2) is 0 Å². The Bertz CT molecular complexity index is 188. The third kappa shape index (κ3) is 3.91. The fraction of sp³-hybridized carbons (Fsp3) is 0.714. The molecule has 0 aliphatic rings. The summed E-state index contributed by atoms with van der Waals surface area (Å²) in [5.41, 5.74) is 5.23. The quantitative estimate of drug-likeness (QED) is 0.507. The van der Waals surface area contributed by atoms with Gasteiger partial charge in [-0.25, -0.2) is 0 Å². The normalized spacial score (nSPS) is 14.8. The van der Waals surface area contributed by atoms with Crippen molar-refractivity contribution in [3.63, 3.8) is 0 Å². The molecule has 0 aromatic rings.